The largest absolute Gasteiger partial charge is 0.352 e. The van der Waals surface area contributed by atoms with Crippen LogP contribution in [-0.4, -0.2) is 20.5 Å². The summed E-state index contributed by atoms with van der Waals surface area (Å²) in [6.45, 7) is 2.10. The van der Waals surface area contributed by atoms with Crippen LogP contribution >= 0.6 is 0 Å². The first-order valence-corrected chi connectivity index (χ1v) is 4.40. The third-order valence-corrected chi connectivity index (χ3v) is 1.44. The predicted molar refractivity (Wildman–Crippen MR) is 55.5 cm³/mol. The van der Waals surface area contributed by atoms with Gasteiger partial charge < -0.3 is 9.47 Å². The quantitative estimate of drug-likeness (QED) is 0.464. The zero-order chi connectivity index (χ0) is 9.94. The van der Waals surface area contributed by atoms with E-state index in [-0.39, 0.29) is 6.29 Å². The van der Waals surface area contributed by atoms with E-state index in [0.29, 0.717) is 0 Å². The van der Waals surface area contributed by atoms with Crippen molar-refractivity contribution in [3.8, 4) is 0 Å². The van der Waals surface area contributed by atoms with E-state index < -0.39 is 0 Å². The molecule has 0 saturated heterocycles. The molecule has 0 atom stereocenters. The van der Waals surface area contributed by atoms with Crippen molar-refractivity contribution >= 4 is 0 Å². The Hall–Kier alpha value is -0.860. The molecule has 74 valence electrons. The van der Waals surface area contributed by atoms with Crippen molar-refractivity contribution in [2.45, 2.75) is 19.6 Å². The highest BCUT2D eigenvalue weighted by molar-refractivity contribution is 5.11. The first-order valence-electron chi connectivity index (χ1n) is 4.40. The highest BCUT2D eigenvalue weighted by Crippen LogP contribution is 1.93. The Morgan fingerprint density at radius 1 is 1.00 bits per heavy atom. The summed E-state index contributed by atoms with van der Waals surface area (Å²) in [5.41, 5.74) is 0. The summed E-state index contributed by atoms with van der Waals surface area (Å²) in [7, 11) is 3.22. The molecule has 0 aliphatic rings. The van der Waals surface area contributed by atoms with Crippen LogP contribution in [0.4, 0.5) is 0 Å². The van der Waals surface area contributed by atoms with Crippen LogP contribution in [0.15, 0.2) is 36.5 Å². The van der Waals surface area contributed by atoms with Gasteiger partial charge in [-0.1, -0.05) is 37.3 Å². The fourth-order valence-electron chi connectivity index (χ4n) is 0.751. The minimum atomic E-state index is -0.250. The maximum Gasteiger partial charge on any atom is 0.176 e. The van der Waals surface area contributed by atoms with Crippen molar-refractivity contribution < 1.29 is 9.47 Å². The molecule has 0 amide bonds. The van der Waals surface area contributed by atoms with Crippen LogP contribution < -0.4 is 0 Å². The van der Waals surface area contributed by atoms with Crippen molar-refractivity contribution in [2.24, 2.45) is 0 Å². The van der Waals surface area contributed by atoms with Gasteiger partial charge in [-0.25, -0.2) is 0 Å². The molecule has 0 unspecified atom stereocenters. The molecule has 0 aromatic carbocycles. The molecule has 0 saturated carbocycles. The van der Waals surface area contributed by atoms with Crippen LogP contribution in [0.1, 0.15) is 13.3 Å². The molecule has 0 spiro atoms. The van der Waals surface area contributed by atoms with Gasteiger partial charge in [-0.2, -0.15) is 0 Å². The number of ether oxygens (including phenoxy) is 2. The van der Waals surface area contributed by atoms with Gasteiger partial charge in [-0.15, -0.1) is 0 Å². The average molecular weight is 182 g/mol. The number of hydrogen-bond acceptors (Lipinski definition) is 2. The lowest BCUT2D eigenvalue weighted by Gasteiger charge is -2.05. The molecular weight excluding hydrogens is 164 g/mol. The molecular formula is C11H18O2. The van der Waals surface area contributed by atoms with Crippen LogP contribution in [0.25, 0.3) is 0 Å². The monoisotopic (exact) mass is 182 g/mol. The number of hydrogen-bond donors (Lipinski definition) is 0. The Kier molecular flexibility index (Phi) is 8.62. The minimum Gasteiger partial charge on any atom is -0.352 e. The van der Waals surface area contributed by atoms with E-state index in [4.69, 9.17) is 9.47 Å². The van der Waals surface area contributed by atoms with E-state index in [1.54, 1.807) is 14.2 Å². The Balaban J connectivity index is 3.71. The highest BCUT2D eigenvalue weighted by Gasteiger charge is 1.94. The van der Waals surface area contributed by atoms with Gasteiger partial charge in [0.15, 0.2) is 6.29 Å². The molecule has 2 heteroatoms. The van der Waals surface area contributed by atoms with Gasteiger partial charge in [0.2, 0.25) is 0 Å². The van der Waals surface area contributed by atoms with Crippen molar-refractivity contribution in [1.29, 1.82) is 0 Å². The standard InChI is InChI=1S/C11H18O2/c1-4-5-6-7-8-9-10-11(12-2)13-3/h5-11H,4H2,1-3H3. The number of rotatable bonds is 6. The second-order valence-electron chi connectivity index (χ2n) is 2.45. The zero-order valence-electron chi connectivity index (χ0n) is 8.57. The summed E-state index contributed by atoms with van der Waals surface area (Å²) in [4.78, 5) is 0. The molecule has 0 rings (SSSR count). The molecule has 0 N–H and O–H groups in total. The molecule has 0 heterocycles. The molecule has 13 heavy (non-hydrogen) atoms. The predicted octanol–water partition coefficient (Wildman–Crippen LogP) is 2.68. The van der Waals surface area contributed by atoms with Crippen molar-refractivity contribution in [1.82, 2.24) is 0 Å². The molecule has 0 aliphatic heterocycles. The van der Waals surface area contributed by atoms with E-state index >= 15 is 0 Å². The maximum absolute atomic E-state index is 4.97. The summed E-state index contributed by atoms with van der Waals surface area (Å²) < 4.78 is 9.93. The van der Waals surface area contributed by atoms with Crippen LogP contribution in [0.2, 0.25) is 0 Å². The molecule has 0 radical (unpaired) electrons. The third-order valence-electron chi connectivity index (χ3n) is 1.44. The third kappa shape index (κ3) is 7.50. The summed E-state index contributed by atoms with van der Waals surface area (Å²) in [6, 6.07) is 0. The lowest BCUT2D eigenvalue weighted by molar-refractivity contribution is -0.0666. The van der Waals surface area contributed by atoms with E-state index in [1.807, 2.05) is 30.4 Å². The average Bonchev–Trinajstić information content (AvgIpc) is 2.17. The van der Waals surface area contributed by atoms with Gasteiger partial charge in [0.25, 0.3) is 0 Å². The summed E-state index contributed by atoms with van der Waals surface area (Å²) in [6.07, 6.45) is 12.6. The second kappa shape index (κ2) is 9.23. The molecule has 0 bridgehead atoms. The lowest BCUT2D eigenvalue weighted by atomic mass is 10.3. The fourth-order valence-corrected chi connectivity index (χ4v) is 0.751. The smallest absolute Gasteiger partial charge is 0.176 e. The minimum absolute atomic E-state index is 0.250. The first-order chi connectivity index (χ1) is 6.35. The van der Waals surface area contributed by atoms with Gasteiger partial charge in [0, 0.05) is 14.2 Å². The van der Waals surface area contributed by atoms with Crippen molar-refractivity contribution in [3.05, 3.63) is 36.5 Å². The van der Waals surface area contributed by atoms with Gasteiger partial charge >= 0.3 is 0 Å². The zero-order valence-corrected chi connectivity index (χ0v) is 8.57. The Morgan fingerprint density at radius 2 is 1.62 bits per heavy atom. The van der Waals surface area contributed by atoms with Gasteiger partial charge in [0.1, 0.15) is 0 Å². The summed E-state index contributed by atoms with van der Waals surface area (Å²) >= 11 is 0. The Bertz CT molecular complexity index is 177. The van der Waals surface area contributed by atoms with E-state index in [1.165, 1.54) is 0 Å². The molecule has 2 nitrogen and oxygen atoms in total. The highest BCUT2D eigenvalue weighted by atomic mass is 16.7. The van der Waals surface area contributed by atoms with Crippen LogP contribution in [0.5, 0.6) is 0 Å². The lowest BCUT2D eigenvalue weighted by Crippen LogP contribution is -2.08. The second-order valence-corrected chi connectivity index (χ2v) is 2.45. The SMILES string of the molecule is CCC=CC=CC=CC(OC)OC. The number of allylic oxidation sites excluding steroid dienone is 5. The van der Waals surface area contributed by atoms with Crippen LogP contribution in [0, 0.1) is 0 Å². The van der Waals surface area contributed by atoms with Gasteiger partial charge in [-0.3, -0.25) is 0 Å². The maximum atomic E-state index is 4.97. The first kappa shape index (κ1) is 12.1. The van der Waals surface area contributed by atoms with E-state index in [0.717, 1.165) is 6.42 Å². The molecule has 0 aromatic heterocycles. The van der Waals surface area contributed by atoms with Gasteiger partial charge in [-0.05, 0) is 12.5 Å². The van der Waals surface area contributed by atoms with Crippen molar-refractivity contribution in [2.75, 3.05) is 14.2 Å². The number of methoxy groups -OCH3 is 2. The fraction of sp³-hybridized carbons (Fsp3) is 0.455. The summed E-state index contributed by atoms with van der Waals surface area (Å²) in [5.74, 6) is 0. The molecule has 0 fully saturated rings. The molecule has 0 aromatic rings. The van der Waals surface area contributed by atoms with E-state index in [9.17, 15) is 0 Å². The Labute approximate surface area is 80.5 Å². The topological polar surface area (TPSA) is 18.5 Å². The Morgan fingerprint density at radius 3 is 2.15 bits per heavy atom. The van der Waals surface area contributed by atoms with Crippen molar-refractivity contribution in [3.63, 3.8) is 0 Å². The van der Waals surface area contributed by atoms with Crippen LogP contribution in [-0.2, 0) is 9.47 Å². The normalized spacial score (nSPS) is 12.9. The molecule has 0 aliphatic carbocycles. The van der Waals surface area contributed by atoms with E-state index in [2.05, 4.69) is 13.0 Å². The van der Waals surface area contributed by atoms with Crippen LogP contribution in [0.3, 0.4) is 0 Å². The summed E-state index contributed by atoms with van der Waals surface area (Å²) in [5, 5.41) is 0. The van der Waals surface area contributed by atoms with Gasteiger partial charge in [0.05, 0.1) is 0 Å².